The zero-order valence-electron chi connectivity index (χ0n) is 12.8. The van der Waals surface area contributed by atoms with Gasteiger partial charge in [0.25, 0.3) is 0 Å². The highest BCUT2D eigenvalue weighted by Crippen LogP contribution is 2.37. The lowest BCUT2D eigenvalue weighted by atomic mass is 9.77. The predicted octanol–water partition coefficient (Wildman–Crippen LogP) is 3.28. The first kappa shape index (κ1) is 14.5. The van der Waals surface area contributed by atoms with Crippen molar-refractivity contribution >= 4 is 11.3 Å². The molecule has 112 valence electrons. The second kappa shape index (κ2) is 6.12. The zero-order valence-corrected chi connectivity index (χ0v) is 13.6. The summed E-state index contributed by atoms with van der Waals surface area (Å²) in [7, 11) is 0. The molecule has 20 heavy (non-hydrogen) atoms. The van der Waals surface area contributed by atoms with Gasteiger partial charge in [-0.15, -0.1) is 11.3 Å². The average molecular weight is 293 g/mol. The highest BCUT2D eigenvalue weighted by atomic mass is 32.1. The van der Waals surface area contributed by atoms with Crippen molar-refractivity contribution in [2.45, 2.75) is 64.1 Å². The third-order valence-electron chi connectivity index (χ3n) is 5.18. The summed E-state index contributed by atoms with van der Waals surface area (Å²) < 4.78 is 0. The summed E-state index contributed by atoms with van der Waals surface area (Å²) in [4.78, 5) is 7.27. The van der Waals surface area contributed by atoms with Crippen LogP contribution in [0.4, 0.5) is 0 Å². The Bertz CT molecular complexity index is 409. The minimum absolute atomic E-state index is 0.398. The maximum Gasteiger partial charge on any atom is 0.107 e. The van der Waals surface area contributed by atoms with Gasteiger partial charge >= 0.3 is 0 Å². The fourth-order valence-electron chi connectivity index (χ4n) is 3.80. The molecule has 1 saturated carbocycles. The van der Waals surface area contributed by atoms with Crippen LogP contribution >= 0.6 is 11.3 Å². The molecule has 0 bridgehead atoms. The number of hydrogen-bond donors (Lipinski definition) is 1. The second-order valence-electron chi connectivity index (χ2n) is 6.82. The lowest BCUT2D eigenvalue weighted by Crippen LogP contribution is -2.65. The van der Waals surface area contributed by atoms with E-state index in [-0.39, 0.29) is 0 Å². The monoisotopic (exact) mass is 293 g/mol. The van der Waals surface area contributed by atoms with E-state index in [1.807, 2.05) is 6.20 Å². The molecule has 0 amide bonds. The molecule has 1 unspecified atom stereocenters. The minimum atomic E-state index is 0.398. The Morgan fingerprint density at radius 1 is 1.40 bits per heavy atom. The fraction of sp³-hybridized carbons (Fsp3) is 0.812. The van der Waals surface area contributed by atoms with Gasteiger partial charge in [-0.05, 0) is 18.8 Å². The van der Waals surface area contributed by atoms with Gasteiger partial charge in [0.2, 0.25) is 0 Å². The number of nitrogens with one attached hydrogen (secondary N) is 1. The van der Waals surface area contributed by atoms with E-state index in [9.17, 15) is 0 Å². The Morgan fingerprint density at radius 2 is 2.20 bits per heavy atom. The van der Waals surface area contributed by atoms with Crippen molar-refractivity contribution in [1.29, 1.82) is 0 Å². The minimum Gasteiger partial charge on any atom is -0.311 e. The van der Waals surface area contributed by atoms with Gasteiger partial charge in [0.1, 0.15) is 5.01 Å². The van der Waals surface area contributed by atoms with E-state index in [0.29, 0.717) is 17.5 Å². The first-order valence-corrected chi connectivity index (χ1v) is 8.94. The SMILES string of the molecule is CC(C)C1CN(Cc2nccs2)C2(CCCCC2)CN1. The van der Waals surface area contributed by atoms with Gasteiger partial charge in [-0.2, -0.15) is 0 Å². The van der Waals surface area contributed by atoms with Gasteiger partial charge in [-0.1, -0.05) is 33.1 Å². The van der Waals surface area contributed by atoms with E-state index >= 15 is 0 Å². The smallest absolute Gasteiger partial charge is 0.107 e. The van der Waals surface area contributed by atoms with Crippen molar-refractivity contribution < 1.29 is 0 Å². The highest BCUT2D eigenvalue weighted by Gasteiger charge is 2.42. The van der Waals surface area contributed by atoms with Crippen LogP contribution in [0.2, 0.25) is 0 Å². The number of nitrogens with zero attached hydrogens (tertiary/aromatic N) is 2. The molecule has 1 aromatic rings. The molecule has 1 N–H and O–H groups in total. The van der Waals surface area contributed by atoms with Crippen LogP contribution in [0, 0.1) is 5.92 Å². The van der Waals surface area contributed by atoms with Crippen molar-refractivity contribution in [3.05, 3.63) is 16.6 Å². The number of rotatable bonds is 3. The largest absolute Gasteiger partial charge is 0.311 e. The van der Waals surface area contributed by atoms with Gasteiger partial charge in [0.05, 0.1) is 6.54 Å². The predicted molar refractivity (Wildman–Crippen MR) is 85.0 cm³/mol. The number of aromatic nitrogens is 1. The Balaban J connectivity index is 1.77. The molecule has 1 aliphatic carbocycles. The summed E-state index contributed by atoms with van der Waals surface area (Å²) in [6.07, 6.45) is 8.85. The normalized spacial score (nSPS) is 27.2. The van der Waals surface area contributed by atoms with Crippen molar-refractivity contribution in [3.8, 4) is 0 Å². The van der Waals surface area contributed by atoms with E-state index in [0.717, 1.165) is 6.54 Å². The number of piperazine rings is 1. The molecular formula is C16H27N3S. The van der Waals surface area contributed by atoms with Crippen LogP contribution in [0.15, 0.2) is 11.6 Å². The van der Waals surface area contributed by atoms with Crippen LogP contribution in [0.3, 0.4) is 0 Å². The highest BCUT2D eigenvalue weighted by molar-refractivity contribution is 7.09. The molecule has 1 spiro atoms. The summed E-state index contributed by atoms with van der Waals surface area (Å²) in [6, 6.07) is 0.627. The molecule has 2 heterocycles. The van der Waals surface area contributed by atoms with E-state index in [4.69, 9.17) is 0 Å². The molecule has 4 heteroatoms. The first-order valence-electron chi connectivity index (χ1n) is 8.06. The standard InChI is InChI=1S/C16H27N3S/c1-13(2)14-10-19(11-15-17-8-9-20-15)16(12-18-14)6-4-3-5-7-16/h8-9,13-14,18H,3-7,10-12H2,1-2H3. The summed E-state index contributed by atoms with van der Waals surface area (Å²) in [5, 5.41) is 7.21. The summed E-state index contributed by atoms with van der Waals surface area (Å²) >= 11 is 1.80. The maximum absolute atomic E-state index is 4.51. The molecule has 2 aliphatic rings. The fourth-order valence-corrected chi connectivity index (χ4v) is 4.44. The summed E-state index contributed by atoms with van der Waals surface area (Å²) in [6.45, 7) is 8.05. The van der Waals surface area contributed by atoms with Gasteiger partial charge in [-0.25, -0.2) is 4.98 Å². The number of hydrogen-bond acceptors (Lipinski definition) is 4. The van der Waals surface area contributed by atoms with Crippen molar-refractivity contribution in [2.75, 3.05) is 13.1 Å². The molecular weight excluding hydrogens is 266 g/mol. The third-order valence-corrected chi connectivity index (χ3v) is 5.94. The van der Waals surface area contributed by atoms with Gasteiger partial charge in [-0.3, -0.25) is 4.90 Å². The van der Waals surface area contributed by atoms with Crippen molar-refractivity contribution in [3.63, 3.8) is 0 Å². The first-order chi connectivity index (χ1) is 9.70. The third kappa shape index (κ3) is 2.92. The quantitative estimate of drug-likeness (QED) is 0.927. The van der Waals surface area contributed by atoms with Gasteiger partial charge in [0.15, 0.2) is 0 Å². The lowest BCUT2D eigenvalue weighted by Gasteiger charge is -2.52. The van der Waals surface area contributed by atoms with Crippen LogP contribution in [0.25, 0.3) is 0 Å². The van der Waals surface area contributed by atoms with Crippen molar-refractivity contribution in [2.24, 2.45) is 5.92 Å². The molecule has 3 nitrogen and oxygen atoms in total. The maximum atomic E-state index is 4.51. The number of thiazole rings is 1. The van der Waals surface area contributed by atoms with Crippen LogP contribution in [0.5, 0.6) is 0 Å². The Labute approximate surface area is 126 Å². The topological polar surface area (TPSA) is 28.2 Å². The molecule has 0 radical (unpaired) electrons. The Kier molecular flexibility index (Phi) is 4.43. The lowest BCUT2D eigenvalue weighted by molar-refractivity contribution is -0.00424. The molecule has 1 aliphatic heterocycles. The molecule has 1 aromatic heterocycles. The van der Waals surface area contributed by atoms with E-state index < -0.39 is 0 Å². The van der Waals surface area contributed by atoms with Gasteiger partial charge in [0, 0.05) is 36.2 Å². The van der Waals surface area contributed by atoms with E-state index in [1.165, 1.54) is 50.2 Å². The van der Waals surface area contributed by atoms with Crippen molar-refractivity contribution in [1.82, 2.24) is 15.2 Å². The second-order valence-corrected chi connectivity index (χ2v) is 7.80. The van der Waals surface area contributed by atoms with Crippen LogP contribution in [-0.4, -0.2) is 34.6 Å². The van der Waals surface area contributed by atoms with E-state index in [1.54, 1.807) is 11.3 Å². The van der Waals surface area contributed by atoms with E-state index in [2.05, 4.69) is 34.4 Å². The molecule has 0 aromatic carbocycles. The Hall–Kier alpha value is -0.450. The average Bonchev–Trinajstić information content (AvgIpc) is 2.95. The van der Waals surface area contributed by atoms with Crippen LogP contribution in [-0.2, 0) is 6.54 Å². The van der Waals surface area contributed by atoms with Gasteiger partial charge < -0.3 is 5.32 Å². The molecule has 2 fully saturated rings. The molecule has 1 atom stereocenters. The van der Waals surface area contributed by atoms with Crippen LogP contribution < -0.4 is 5.32 Å². The molecule has 1 saturated heterocycles. The zero-order chi connectivity index (χ0) is 14.0. The summed E-state index contributed by atoms with van der Waals surface area (Å²) in [5.74, 6) is 0.703. The summed E-state index contributed by atoms with van der Waals surface area (Å²) in [5.41, 5.74) is 0.398. The molecule has 3 rings (SSSR count). The Morgan fingerprint density at radius 3 is 2.85 bits per heavy atom. The van der Waals surface area contributed by atoms with Crippen LogP contribution in [0.1, 0.15) is 51.0 Å².